The predicted octanol–water partition coefficient (Wildman–Crippen LogP) is 3.55. The first-order valence-electron chi connectivity index (χ1n) is 8.27. The molecule has 24 heavy (non-hydrogen) atoms. The molecule has 2 rings (SSSR count). The number of likely N-dealkylation sites (N-methyl/N-ethyl adjacent to an activating group) is 1. The van der Waals surface area contributed by atoms with Gasteiger partial charge in [0.1, 0.15) is 11.6 Å². The second-order valence-electron chi connectivity index (χ2n) is 6.13. The Balaban J connectivity index is 1.66. The summed E-state index contributed by atoms with van der Waals surface area (Å²) in [6, 6.07) is 10.3. The van der Waals surface area contributed by atoms with Gasteiger partial charge >= 0.3 is 0 Å². The van der Waals surface area contributed by atoms with E-state index in [1.165, 1.54) is 12.1 Å². The number of amides is 1. The molecule has 4 nitrogen and oxygen atoms in total. The van der Waals surface area contributed by atoms with Crippen LogP contribution in [0.1, 0.15) is 36.6 Å². The van der Waals surface area contributed by atoms with Crippen molar-refractivity contribution in [3.05, 3.63) is 59.8 Å². The fourth-order valence-electron chi connectivity index (χ4n) is 2.58. The molecular weight excluding hydrogens is 307 g/mol. The standard InChI is InChI=1S/C19H25FN2O2/c1-22(2)17(18-7-5-13-24-18)14-21-19(23)8-4-3-6-15-9-11-16(20)12-10-15/h5,7,9-13,17H,3-4,6,8,14H2,1-2H3,(H,21,23). The van der Waals surface area contributed by atoms with Gasteiger partial charge in [0.15, 0.2) is 0 Å². The molecule has 0 aliphatic rings. The topological polar surface area (TPSA) is 45.5 Å². The number of hydrogen-bond acceptors (Lipinski definition) is 3. The highest BCUT2D eigenvalue weighted by Crippen LogP contribution is 2.17. The molecule has 0 saturated heterocycles. The Bertz CT molecular complexity index is 609. The van der Waals surface area contributed by atoms with Gasteiger partial charge in [0, 0.05) is 13.0 Å². The molecule has 1 N–H and O–H groups in total. The van der Waals surface area contributed by atoms with Crippen molar-refractivity contribution < 1.29 is 13.6 Å². The second-order valence-corrected chi connectivity index (χ2v) is 6.13. The van der Waals surface area contributed by atoms with Gasteiger partial charge in [-0.05, 0) is 63.2 Å². The molecule has 1 amide bonds. The molecule has 0 aliphatic carbocycles. The predicted molar refractivity (Wildman–Crippen MR) is 92.1 cm³/mol. The zero-order chi connectivity index (χ0) is 17.4. The Kier molecular flexibility index (Phi) is 7.00. The van der Waals surface area contributed by atoms with Crippen LogP contribution in [-0.4, -0.2) is 31.4 Å². The van der Waals surface area contributed by atoms with Crippen LogP contribution in [0.25, 0.3) is 0 Å². The third kappa shape index (κ3) is 5.81. The monoisotopic (exact) mass is 332 g/mol. The summed E-state index contributed by atoms with van der Waals surface area (Å²) >= 11 is 0. The quantitative estimate of drug-likeness (QED) is 0.714. The van der Waals surface area contributed by atoms with E-state index in [4.69, 9.17) is 4.42 Å². The van der Waals surface area contributed by atoms with Crippen LogP contribution in [0.15, 0.2) is 47.1 Å². The number of halogens is 1. The molecular formula is C19H25FN2O2. The van der Waals surface area contributed by atoms with Gasteiger partial charge in [-0.25, -0.2) is 4.39 Å². The van der Waals surface area contributed by atoms with Crippen LogP contribution in [0.2, 0.25) is 0 Å². The molecule has 1 aromatic heterocycles. The maximum Gasteiger partial charge on any atom is 0.220 e. The molecule has 2 aromatic rings. The molecule has 0 spiro atoms. The second kappa shape index (κ2) is 9.23. The van der Waals surface area contributed by atoms with E-state index in [0.29, 0.717) is 13.0 Å². The van der Waals surface area contributed by atoms with Crippen molar-refractivity contribution in [1.29, 1.82) is 0 Å². The van der Waals surface area contributed by atoms with E-state index in [-0.39, 0.29) is 17.8 Å². The van der Waals surface area contributed by atoms with Gasteiger partial charge in [0.05, 0.1) is 12.3 Å². The maximum atomic E-state index is 12.8. The van der Waals surface area contributed by atoms with Crippen molar-refractivity contribution in [2.45, 2.75) is 31.7 Å². The molecule has 0 aliphatic heterocycles. The number of carbonyl (C=O) groups is 1. The van der Waals surface area contributed by atoms with Gasteiger partial charge < -0.3 is 9.73 Å². The molecule has 130 valence electrons. The Morgan fingerprint density at radius 1 is 1.21 bits per heavy atom. The average Bonchev–Trinajstić information content (AvgIpc) is 3.07. The average molecular weight is 332 g/mol. The number of carbonyl (C=O) groups excluding carboxylic acids is 1. The lowest BCUT2D eigenvalue weighted by atomic mass is 10.1. The molecule has 0 bridgehead atoms. The zero-order valence-corrected chi connectivity index (χ0v) is 14.3. The fraction of sp³-hybridized carbons (Fsp3) is 0.421. The zero-order valence-electron chi connectivity index (χ0n) is 14.3. The van der Waals surface area contributed by atoms with E-state index < -0.39 is 0 Å². The lowest BCUT2D eigenvalue weighted by molar-refractivity contribution is -0.121. The molecule has 1 heterocycles. The van der Waals surface area contributed by atoms with Gasteiger partial charge in [-0.15, -0.1) is 0 Å². The summed E-state index contributed by atoms with van der Waals surface area (Å²) in [7, 11) is 3.92. The Labute approximate surface area is 142 Å². The lowest BCUT2D eigenvalue weighted by Gasteiger charge is -2.22. The van der Waals surface area contributed by atoms with Crippen molar-refractivity contribution in [2.75, 3.05) is 20.6 Å². The summed E-state index contributed by atoms with van der Waals surface area (Å²) in [6.07, 6.45) is 4.73. The number of rotatable bonds is 9. The highest BCUT2D eigenvalue weighted by atomic mass is 19.1. The number of benzene rings is 1. The minimum Gasteiger partial charge on any atom is -0.468 e. The smallest absolute Gasteiger partial charge is 0.220 e. The van der Waals surface area contributed by atoms with Gasteiger partial charge in [-0.1, -0.05) is 12.1 Å². The van der Waals surface area contributed by atoms with Crippen LogP contribution in [0, 0.1) is 5.82 Å². The molecule has 0 radical (unpaired) electrons. The third-order valence-corrected chi connectivity index (χ3v) is 4.02. The van der Waals surface area contributed by atoms with Crippen LogP contribution in [0.4, 0.5) is 4.39 Å². The minimum absolute atomic E-state index is 0.0307. The number of furan rings is 1. The van der Waals surface area contributed by atoms with Crippen LogP contribution in [-0.2, 0) is 11.2 Å². The summed E-state index contributed by atoms with van der Waals surface area (Å²) in [5.74, 6) is 0.675. The minimum atomic E-state index is -0.217. The maximum absolute atomic E-state index is 12.8. The van der Waals surface area contributed by atoms with E-state index in [2.05, 4.69) is 5.32 Å². The molecule has 0 fully saturated rings. The van der Waals surface area contributed by atoms with Crippen LogP contribution in [0.5, 0.6) is 0 Å². The van der Waals surface area contributed by atoms with Crippen molar-refractivity contribution in [3.63, 3.8) is 0 Å². The summed E-state index contributed by atoms with van der Waals surface area (Å²) in [5.41, 5.74) is 1.10. The fourth-order valence-corrected chi connectivity index (χ4v) is 2.58. The van der Waals surface area contributed by atoms with E-state index in [0.717, 1.165) is 30.6 Å². The first-order valence-corrected chi connectivity index (χ1v) is 8.27. The van der Waals surface area contributed by atoms with Crippen molar-refractivity contribution in [2.24, 2.45) is 0 Å². The number of unbranched alkanes of at least 4 members (excludes halogenated alkanes) is 1. The van der Waals surface area contributed by atoms with E-state index in [9.17, 15) is 9.18 Å². The number of hydrogen-bond donors (Lipinski definition) is 1. The van der Waals surface area contributed by atoms with Crippen LogP contribution in [0.3, 0.4) is 0 Å². The molecule has 0 saturated carbocycles. The van der Waals surface area contributed by atoms with Crippen molar-refractivity contribution >= 4 is 5.91 Å². The normalized spacial score (nSPS) is 12.3. The molecule has 1 aromatic carbocycles. The van der Waals surface area contributed by atoms with E-state index in [1.807, 2.05) is 31.1 Å². The van der Waals surface area contributed by atoms with Crippen molar-refractivity contribution in [1.82, 2.24) is 10.2 Å². The summed E-state index contributed by atoms with van der Waals surface area (Å²) in [4.78, 5) is 14.0. The molecule has 5 heteroatoms. The van der Waals surface area contributed by atoms with E-state index in [1.54, 1.807) is 18.4 Å². The van der Waals surface area contributed by atoms with Crippen LogP contribution < -0.4 is 5.32 Å². The Morgan fingerprint density at radius 3 is 2.58 bits per heavy atom. The third-order valence-electron chi connectivity index (χ3n) is 4.02. The first-order chi connectivity index (χ1) is 11.6. The largest absolute Gasteiger partial charge is 0.468 e. The first kappa shape index (κ1) is 18.2. The number of nitrogens with zero attached hydrogens (tertiary/aromatic N) is 1. The Morgan fingerprint density at radius 2 is 1.96 bits per heavy atom. The Hall–Kier alpha value is -2.14. The number of aryl methyl sites for hydroxylation is 1. The van der Waals surface area contributed by atoms with Crippen LogP contribution >= 0.6 is 0 Å². The highest BCUT2D eigenvalue weighted by Gasteiger charge is 2.17. The summed E-state index contributed by atoms with van der Waals surface area (Å²) < 4.78 is 18.3. The van der Waals surface area contributed by atoms with Gasteiger partial charge in [-0.2, -0.15) is 0 Å². The number of nitrogens with one attached hydrogen (secondary N) is 1. The van der Waals surface area contributed by atoms with Crippen molar-refractivity contribution in [3.8, 4) is 0 Å². The summed E-state index contributed by atoms with van der Waals surface area (Å²) in [6.45, 7) is 0.525. The van der Waals surface area contributed by atoms with Gasteiger partial charge in [0.2, 0.25) is 5.91 Å². The summed E-state index contributed by atoms with van der Waals surface area (Å²) in [5, 5.41) is 2.97. The van der Waals surface area contributed by atoms with E-state index >= 15 is 0 Å². The van der Waals surface area contributed by atoms with Gasteiger partial charge in [0.25, 0.3) is 0 Å². The molecule has 1 unspecified atom stereocenters. The lowest BCUT2D eigenvalue weighted by Crippen LogP contribution is -2.34. The molecule has 1 atom stereocenters. The van der Waals surface area contributed by atoms with Gasteiger partial charge in [-0.3, -0.25) is 9.69 Å². The SMILES string of the molecule is CN(C)C(CNC(=O)CCCCc1ccc(F)cc1)c1ccco1. The highest BCUT2D eigenvalue weighted by molar-refractivity contribution is 5.75.